The van der Waals surface area contributed by atoms with Gasteiger partial charge in [-0.05, 0) is 31.2 Å². The first kappa shape index (κ1) is 11.4. The number of rotatable bonds is 4. The average molecular weight is 219 g/mol. The van der Waals surface area contributed by atoms with Crippen molar-refractivity contribution in [1.29, 1.82) is 0 Å². The number of nitrogens with two attached hydrogens (primary N) is 1. The Morgan fingerprint density at radius 2 is 2.31 bits per heavy atom. The lowest BCUT2D eigenvalue weighted by Crippen LogP contribution is -2.24. The Morgan fingerprint density at radius 3 is 2.88 bits per heavy atom. The summed E-state index contributed by atoms with van der Waals surface area (Å²) in [4.78, 5) is 6.69. The summed E-state index contributed by atoms with van der Waals surface area (Å²) in [6.07, 6.45) is 3.19. The van der Waals surface area contributed by atoms with Crippen molar-refractivity contribution in [3.63, 3.8) is 0 Å². The van der Waals surface area contributed by atoms with Crippen molar-refractivity contribution in [3.8, 4) is 0 Å². The van der Waals surface area contributed by atoms with Crippen LogP contribution in [0.4, 0.5) is 5.82 Å². The molecule has 16 heavy (non-hydrogen) atoms. The molecule has 1 fully saturated rings. The summed E-state index contributed by atoms with van der Waals surface area (Å²) in [7, 11) is 2.11. The van der Waals surface area contributed by atoms with Crippen LogP contribution in [0.15, 0.2) is 18.3 Å². The highest BCUT2D eigenvalue weighted by Crippen LogP contribution is 2.38. The highest BCUT2D eigenvalue weighted by molar-refractivity contribution is 5.47. The highest BCUT2D eigenvalue weighted by atomic mass is 15.2. The van der Waals surface area contributed by atoms with Crippen LogP contribution in [0.1, 0.15) is 31.9 Å². The van der Waals surface area contributed by atoms with E-state index < -0.39 is 0 Å². The van der Waals surface area contributed by atoms with Gasteiger partial charge in [0.05, 0.1) is 0 Å². The van der Waals surface area contributed by atoms with Crippen LogP contribution in [0, 0.1) is 11.8 Å². The summed E-state index contributed by atoms with van der Waals surface area (Å²) < 4.78 is 0. The summed E-state index contributed by atoms with van der Waals surface area (Å²) in [6, 6.07) is 4.07. The summed E-state index contributed by atoms with van der Waals surface area (Å²) in [5, 5.41) is 0. The van der Waals surface area contributed by atoms with Crippen LogP contribution in [0.2, 0.25) is 0 Å². The third-order valence-electron chi connectivity index (χ3n) is 3.45. The molecule has 0 saturated heterocycles. The second kappa shape index (κ2) is 4.42. The maximum Gasteiger partial charge on any atom is 0.133 e. The van der Waals surface area contributed by atoms with Crippen molar-refractivity contribution in [2.75, 3.05) is 18.5 Å². The minimum absolute atomic E-state index is 0.0442. The van der Waals surface area contributed by atoms with Crippen LogP contribution in [0.5, 0.6) is 0 Å². The summed E-state index contributed by atoms with van der Waals surface area (Å²) in [5.41, 5.74) is 7.10. The molecule has 3 atom stereocenters. The molecule has 2 unspecified atom stereocenters. The molecule has 0 amide bonds. The first-order valence-electron chi connectivity index (χ1n) is 6.01. The van der Waals surface area contributed by atoms with E-state index in [1.807, 2.05) is 19.2 Å². The Balaban J connectivity index is 2.12. The van der Waals surface area contributed by atoms with Crippen molar-refractivity contribution in [2.24, 2.45) is 17.6 Å². The van der Waals surface area contributed by atoms with Crippen molar-refractivity contribution >= 4 is 5.82 Å². The summed E-state index contributed by atoms with van der Waals surface area (Å²) >= 11 is 0. The van der Waals surface area contributed by atoms with Gasteiger partial charge in [0, 0.05) is 31.4 Å². The molecular weight excluding hydrogens is 198 g/mol. The SMILES string of the molecule is CC1CC1CN(C)c1ncccc1[C@@H](C)N. The van der Waals surface area contributed by atoms with Gasteiger partial charge in [-0.1, -0.05) is 13.0 Å². The van der Waals surface area contributed by atoms with Gasteiger partial charge >= 0.3 is 0 Å². The van der Waals surface area contributed by atoms with E-state index in [-0.39, 0.29) is 6.04 Å². The van der Waals surface area contributed by atoms with Crippen LogP contribution < -0.4 is 10.6 Å². The standard InChI is InChI=1S/C13H21N3/c1-9-7-11(9)8-16(3)13-12(10(2)14)5-4-6-15-13/h4-6,9-11H,7-8,14H2,1-3H3/t9?,10-,11?/m1/s1. The summed E-state index contributed by atoms with van der Waals surface area (Å²) in [6.45, 7) is 5.41. The first-order valence-corrected chi connectivity index (χ1v) is 6.01. The molecule has 1 aromatic heterocycles. The first-order chi connectivity index (χ1) is 7.59. The third-order valence-corrected chi connectivity index (χ3v) is 3.45. The van der Waals surface area contributed by atoms with E-state index in [2.05, 4.69) is 29.9 Å². The maximum atomic E-state index is 5.96. The second-order valence-corrected chi connectivity index (χ2v) is 5.06. The zero-order valence-electron chi connectivity index (χ0n) is 10.4. The number of aromatic nitrogens is 1. The molecule has 2 N–H and O–H groups in total. The number of hydrogen-bond donors (Lipinski definition) is 1. The molecule has 88 valence electrons. The Labute approximate surface area is 97.7 Å². The highest BCUT2D eigenvalue weighted by Gasteiger charge is 2.33. The minimum atomic E-state index is 0.0442. The lowest BCUT2D eigenvalue weighted by atomic mass is 10.1. The summed E-state index contributed by atoms with van der Waals surface area (Å²) in [5.74, 6) is 2.76. The van der Waals surface area contributed by atoms with Gasteiger partial charge in [-0.2, -0.15) is 0 Å². The Morgan fingerprint density at radius 1 is 1.62 bits per heavy atom. The molecule has 1 aliphatic carbocycles. The molecule has 0 aromatic carbocycles. The monoisotopic (exact) mass is 219 g/mol. The third kappa shape index (κ3) is 2.35. The van der Waals surface area contributed by atoms with E-state index in [1.165, 1.54) is 6.42 Å². The molecular formula is C13H21N3. The largest absolute Gasteiger partial charge is 0.359 e. The molecule has 0 spiro atoms. The Kier molecular flexibility index (Phi) is 3.15. The van der Waals surface area contributed by atoms with Gasteiger partial charge in [-0.3, -0.25) is 0 Å². The lowest BCUT2D eigenvalue weighted by molar-refractivity contribution is 0.708. The van der Waals surface area contributed by atoms with Gasteiger partial charge in [0.1, 0.15) is 5.82 Å². The quantitative estimate of drug-likeness (QED) is 0.844. The average Bonchev–Trinajstić information content (AvgIpc) is 2.94. The molecule has 1 aliphatic rings. The minimum Gasteiger partial charge on any atom is -0.359 e. The number of pyridine rings is 1. The van der Waals surface area contributed by atoms with Crippen molar-refractivity contribution < 1.29 is 0 Å². The van der Waals surface area contributed by atoms with Crippen molar-refractivity contribution in [1.82, 2.24) is 4.98 Å². The van der Waals surface area contributed by atoms with E-state index in [0.29, 0.717) is 0 Å². The van der Waals surface area contributed by atoms with Gasteiger partial charge in [-0.25, -0.2) is 4.98 Å². The van der Waals surface area contributed by atoms with E-state index in [1.54, 1.807) is 0 Å². The van der Waals surface area contributed by atoms with Gasteiger partial charge in [0.2, 0.25) is 0 Å². The van der Waals surface area contributed by atoms with Crippen LogP contribution >= 0.6 is 0 Å². The van der Waals surface area contributed by atoms with Gasteiger partial charge in [-0.15, -0.1) is 0 Å². The molecule has 2 rings (SSSR count). The molecule has 1 saturated carbocycles. The Bertz CT molecular complexity index is 362. The van der Waals surface area contributed by atoms with Crippen LogP contribution in [-0.4, -0.2) is 18.6 Å². The van der Waals surface area contributed by atoms with Crippen LogP contribution in [-0.2, 0) is 0 Å². The van der Waals surface area contributed by atoms with Crippen LogP contribution in [0.25, 0.3) is 0 Å². The van der Waals surface area contributed by atoms with Gasteiger partial charge in [0.15, 0.2) is 0 Å². The van der Waals surface area contributed by atoms with Crippen molar-refractivity contribution in [2.45, 2.75) is 26.3 Å². The fraction of sp³-hybridized carbons (Fsp3) is 0.615. The number of anilines is 1. The molecule has 1 heterocycles. The molecule has 0 radical (unpaired) electrons. The normalized spacial score (nSPS) is 25.2. The Hall–Kier alpha value is -1.09. The fourth-order valence-electron chi connectivity index (χ4n) is 2.18. The van der Waals surface area contributed by atoms with E-state index in [4.69, 9.17) is 5.73 Å². The molecule has 0 aliphatic heterocycles. The molecule has 0 bridgehead atoms. The smallest absolute Gasteiger partial charge is 0.133 e. The van der Waals surface area contributed by atoms with Gasteiger partial charge < -0.3 is 10.6 Å². The number of hydrogen-bond acceptors (Lipinski definition) is 3. The van der Waals surface area contributed by atoms with E-state index in [0.717, 1.165) is 29.8 Å². The van der Waals surface area contributed by atoms with E-state index in [9.17, 15) is 0 Å². The molecule has 3 nitrogen and oxygen atoms in total. The van der Waals surface area contributed by atoms with Crippen molar-refractivity contribution in [3.05, 3.63) is 23.9 Å². The van der Waals surface area contributed by atoms with Crippen LogP contribution in [0.3, 0.4) is 0 Å². The number of nitrogens with zero attached hydrogens (tertiary/aromatic N) is 2. The van der Waals surface area contributed by atoms with Gasteiger partial charge in [0.25, 0.3) is 0 Å². The fourth-order valence-corrected chi connectivity index (χ4v) is 2.18. The zero-order valence-corrected chi connectivity index (χ0v) is 10.4. The maximum absolute atomic E-state index is 5.96. The predicted octanol–water partition coefficient (Wildman–Crippen LogP) is 2.19. The lowest BCUT2D eigenvalue weighted by Gasteiger charge is -2.22. The molecule has 1 aromatic rings. The molecule has 3 heteroatoms. The topological polar surface area (TPSA) is 42.2 Å². The predicted molar refractivity (Wildman–Crippen MR) is 67.4 cm³/mol. The van der Waals surface area contributed by atoms with E-state index >= 15 is 0 Å². The second-order valence-electron chi connectivity index (χ2n) is 5.06. The zero-order chi connectivity index (χ0) is 11.7.